The van der Waals surface area contributed by atoms with Crippen LogP contribution in [0.5, 0.6) is 0 Å². The van der Waals surface area contributed by atoms with E-state index in [1.54, 1.807) is 0 Å². The number of non-ortho nitro benzene ring substituents is 1. The number of nitro groups is 1. The van der Waals surface area contributed by atoms with Crippen LogP contribution in [0.1, 0.15) is 25.7 Å². The molecule has 0 atom stereocenters. The molecular formula is C11H12BrFN2O4S. The maximum Gasteiger partial charge on any atom is 0.272 e. The minimum Gasteiger partial charge on any atom is -0.258 e. The van der Waals surface area contributed by atoms with Crippen molar-refractivity contribution in [2.75, 3.05) is 0 Å². The van der Waals surface area contributed by atoms with Crippen molar-refractivity contribution in [2.45, 2.75) is 36.6 Å². The Kier molecular flexibility index (Phi) is 4.40. The lowest BCUT2D eigenvalue weighted by Crippen LogP contribution is -2.33. The highest BCUT2D eigenvalue weighted by Gasteiger charge is 2.28. The van der Waals surface area contributed by atoms with Crippen LogP contribution in [0.3, 0.4) is 0 Å². The van der Waals surface area contributed by atoms with Crippen molar-refractivity contribution in [3.63, 3.8) is 0 Å². The van der Waals surface area contributed by atoms with Gasteiger partial charge in [0.25, 0.3) is 5.69 Å². The van der Waals surface area contributed by atoms with Gasteiger partial charge in [0.1, 0.15) is 4.90 Å². The van der Waals surface area contributed by atoms with E-state index in [0.717, 1.165) is 25.0 Å². The van der Waals surface area contributed by atoms with Crippen molar-refractivity contribution < 1.29 is 17.7 Å². The van der Waals surface area contributed by atoms with E-state index in [9.17, 15) is 22.9 Å². The largest absolute Gasteiger partial charge is 0.272 e. The highest BCUT2D eigenvalue weighted by molar-refractivity contribution is 9.10. The van der Waals surface area contributed by atoms with Crippen LogP contribution in [0.15, 0.2) is 21.5 Å². The Morgan fingerprint density at radius 3 is 2.50 bits per heavy atom. The second-order valence-electron chi connectivity index (χ2n) is 4.60. The number of sulfonamides is 1. The molecule has 0 bridgehead atoms. The van der Waals surface area contributed by atoms with Gasteiger partial charge in [0, 0.05) is 18.2 Å². The van der Waals surface area contributed by atoms with E-state index < -0.39 is 31.3 Å². The number of hydrogen-bond donors (Lipinski definition) is 1. The molecule has 0 heterocycles. The summed E-state index contributed by atoms with van der Waals surface area (Å²) in [5, 5.41) is 10.7. The van der Waals surface area contributed by atoms with Crippen LogP contribution in [0.4, 0.5) is 10.1 Å². The van der Waals surface area contributed by atoms with Crippen LogP contribution in [-0.4, -0.2) is 19.4 Å². The molecule has 9 heteroatoms. The van der Waals surface area contributed by atoms with E-state index in [2.05, 4.69) is 20.7 Å². The predicted molar refractivity (Wildman–Crippen MR) is 73.3 cm³/mol. The maximum atomic E-state index is 13.9. The highest BCUT2D eigenvalue weighted by Crippen LogP contribution is 2.29. The van der Waals surface area contributed by atoms with Crippen LogP contribution in [-0.2, 0) is 10.0 Å². The van der Waals surface area contributed by atoms with Crippen LogP contribution in [0, 0.1) is 15.9 Å². The van der Waals surface area contributed by atoms with Gasteiger partial charge in [-0.15, -0.1) is 0 Å². The summed E-state index contributed by atoms with van der Waals surface area (Å²) < 4.78 is 40.4. The summed E-state index contributed by atoms with van der Waals surface area (Å²) in [6.45, 7) is 0. The third kappa shape index (κ3) is 3.15. The van der Waals surface area contributed by atoms with Gasteiger partial charge < -0.3 is 0 Å². The average molecular weight is 367 g/mol. The second kappa shape index (κ2) is 5.74. The van der Waals surface area contributed by atoms with Crippen molar-refractivity contribution in [2.24, 2.45) is 0 Å². The van der Waals surface area contributed by atoms with Gasteiger partial charge in [-0.1, -0.05) is 12.8 Å². The molecule has 0 saturated heterocycles. The topological polar surface area (TPSA) is 89.3 Å². The molecule has 1 aliphatic rings. The van der Waals surface area contributed by atoms with Crippen LogP contribution < -0.4 is 4.72 Å². The minimum atomic E-state index is -4.11. The molecule has 2 rings (SSSR count). The zero-order chi connectivity index (χ0) is 14.9. The molecule has 1 fully saturated rings. The van der Waals surface area contributed by atoms with E-state index in [1.165, 1.54) is 0 Å². The zero-order valence-electron chi connectivity index (χ0n) is 10.3. The minimum absolute atomic E-state index is 0.238. The number of nitrogens with zero attached hydrogens (tertiary/aromatic N) is 1. The molecular weight excluding hydrogens is 355 g/mol. The third-order valence-corrected chi connectivity index (χ3v) is 5.25. The maximum absolute atomic E-state index is 13.9. The van der Waals surface area contributed by atoms with Crippen molar-refractivity contribution in [3.8, 4) is 0 Å². The first-order chi connectivity index (χ1) is 9.31. The van der Waals surface area contributed by atoms with Crippen molar-refractivity contribution in [1.29, 1.82) is 0 Å². The van der Waals surface area contributed by atoms with E-state index in [-0.39, 0.29) is 10.5 Å². The second-order valence-corrected chi connectivity index (χ2v) is 7.14. The fraction of sp³-hybridized carbons (Fsp3) is 0.455. The van der Waals surface area contributed by atoms with E-state index in [4.69, 9.17) is 0 Å². The van der Waals surface area contributed by atoms with Gasteiger partial charge in [-0.3, -0.25) is 10.1 Å². The predicted octanol–water partition coefficient (Wildman–Crippen LogP) is 2.72. The fourth-order valence-electron chi connectivity index (χ4n) is 2.18. The molecule has 1 aromatic carbocycles. The Labute approximate surface area is 123 Å². The van der Waals surface area contributed by atoms with Crippen LogP contribution in [0.25, 0.3) is 0 Å². The third-order valence-electron chi connectivity index (χ3n) is 3.16. The van der Waals surface area contributed by atoms with Crippen molar-refractivity contribution in [1.82, 2.24) is 4.72 Å². The lowest BCUT2D eigenvalue weighted by molar-refractivity contribution is -0.385. The zero-order valence-corrected chi connectivity index (χ0v) is 12.7. The molecule has 0 aliphatic heterocycles. The summed E-state index contributed by atoms with van der Waals surface area (Å²) in [5.74, 6) is -1.03. The molecule has 0 radical (unpaired) electrons. The molecule has 1 aromatic rings. The first kappa shape index (κ1) is 15.3. The monoisotopic (exact) mass is 366 g/mol. The van der Waals surface area contributed by atoms with Crippen molar-refractivity contribution >= 4 is 31.6 Å². The molecule has 0 amide bonds. The summed E-state index contributed by atoms with van der Waals surface area (Å²) in [5.41, 5.74) is -0.481. The van der Waals surface area contributed by atoms with Gasteiger partial charge in [-0.2, -0.15) is 0 Å². The number of hydrogen-bond acceptors (Lipinski definition) is 4. The Morgan fingerprint density at radius 2 is 1.95 bits per heavy atom. The Balaban J connectivity index is 2.41. The van der Waals surface area contributed by atoms with E-state index in [1.807, 2.05) is 0 Å². The molecule has 1 N–H and O–H groups in total. The quantitative estimate of drug-likeness (QED) is 0.655. The number of rotatable bonds is 4. The lowest BCUT2D eigenvalue weighted by atomic mass is 10.3. The average Bonchev–Trinajstić information content (AvgIpc) is 2.83. The molecule has 20 heavy (non-hydrogen) atoms. The molecule has 0 unspecified atom stereocenters. The normalized spacial score (nSPS) is 16.5. The summed E-state index contributed by atoms with van der Waals surface area (Å²) in [4.78, 5) is 9.27. The summed E-state index contributed by atoms with van der Waals surface area (Å²) >= 11 is 2.80. The summed E-state index contributed by atoms with van der Waals surface area (Å²) in [6, 6.07) is 1.43. The summed E-state index contributed by atoms with van der Waals surface area (Å²) in [6.07, 6.45) is 3.20. The standard InChI is InChI=1S/C11H12BrFN2O4S/c12-9-5-8(15(16)17)6-10(11(9)13)20(18,19)14-7-3-1-2-4-7/h5-7,14H,1-4H2. The Morgan fingerprint density at radius 1 is 1.35 bits per heavy atom. The number of nitro benzene ring substituents is 1. The summed E-state index contributed by atoms with van der Waals surface area (Å²) in [7, 11) is -4.11. The first-order valence-electron chi connectivity index (χ1n) is 5.97. The molecule has 110 valence electrons. The smallest absolute Gasteiger partial charge is 0.258 e. The van der Waals surface area contributed by atoms with Gasteiger partial charge in [0.15, 0.2) is 5.82 Å². The molecule has 1 saturated carbocycles. The van der Waals surface area contributed by atoms with Gasteiger partial charge >= 0.3 is 0 Å². The van der Waals surface area contributed by atoms with Gasteiger partial charge in [-0.25, -0.2) is 17.5 Å². The molecule has 0 spiro atoms. The first-order valence-corrected chi connectivity index (χ1v) is 8.24. The van der Waals surface area contributed by atoms with E-state index >= 15 is 0 Å². The fourth-order valence-corrected chi connectivity index (χ4v) is 4.18. The van der Waals surface area contributed by atoms with Crippen LogP contribution >= 0.6 is 15.9 Å². The molecule has 1 aliphatic carbocycles. The number of nitrogens with one attached hydrogen (secondary N) is 1. The Bertz CT molecular complexity index is 644. The Hall–Kier alpha value is -1.06. The van der Waals surface area contributed by atoms with Gasteiger partial charge in [0.2, 0.25) is 10.0 Å². The van der Waals surface area contributed by atoms with Gasteiger partial charge in [-0.05, 0) is 28.8 Å². The SMILES string of the molecule is O=[N+]([O-])c1cc(Br)c(F)c(S(=O)(=O)NC2CCCC2)c1. The lowest BCUT2D eigenvalue weighted by Gasteiger charge is -2.13. The number of halogens is 2. The molecule has 6 nitrogen and oxygen atoms in total. The van der Waals surface area contributed by atoms with E-state index in [0.29, 0.717) is 12.8 Å². The highest BCUT2D eigenvalue weighted by atomic mass is 79.9. The molecule has 0 aromatic heterocycles. The van der Waals surface area contributed by atoms with Gasteiger partial charge in [0.05, 0.1) is 9.40 Å². The van der Waals surface area contributed by atoms with Crippen LogP contribution in [0.2, 0.25) is 0 Å². The number of benzene rings is 1. The van der Waals surface area contributed by atoms with Crippen molar-refractivity contribution in [3.05, 3.63) is 32.5 Å².